The standard InChI is InChI=1S/C82H64N2/c1-51-31-40-65-67-43-38-60(49-76(67)80(4,5)74(65)45-51)83(61-39-44-68-66-41-32-52(2)46-75(66)81(6,7)77(68)50-61)59-37-42-62(53(3)47-59)55-33-35-57(36-34-55)84(58-22-17-21-56(48-58)54-19-9-8-10-20-54)78-30-18-29-73-79(78)69-25-13-16-28-72(69)82(73)70-26-14-11-23-63(70)64-24-12-15-27-71(64)82/h8-50H,1-7H3. The van der Waals surface area contributed by atoms with Gasteiger partial charge in [-0.1, -0.05) is 233 Å². The zero-order valence-electron chi connectivity index (χ0n) is 48.7. The van der Waals surface area contributed by atoms with Gasteiger partial charge in [0.2, 0.25) is 0 Å². The van der Waals surface area contributed by atoms with Crippen molar-refractivity contribution in [3.8, 4) is 66.8 Å². The van der Waals surface area contributed by atoms with Crippen molar-refractivity contribution in [1.29, 1.82) is 0 Å². The topological polar surface area (TPSA) is 6.48 Å². The molecule has 84 heavy (non-hydrogen) atoms. The molecule has 0 amide bonds. The van der Waals surface area contributed by atoms with Crippen LogP contribution < -0.4 is 9.80 Å². The molecular weight excluding hydrogens is 1010 g/mol. The molecule has 4 aliphatic carbocycles. The van der Waals surface area contributed by atoms with Crippen LogP contribution >= 0.6 is 0 Å². The zero-order chi connectivity index (χ0) is 56.8. The molecule has 0 saturated heterocycles. The van der Waals surface area contributed by atoms with Crippen molar-refractivity contribution in [1.82, 2.24) is 0 Å². The summed E-state index contributed by atoms with van der Waals surface area (Å²) >= 11 is 0. The van der Waals surface area contributed by atoms with Gasteiger partial charge in [0.05, 0.1) is 11.1 Å². The second kappa shape index (κ2) is 18.4. The minimum Gasteiger partial charge on any atom is -0.310 e. The van der Waals surface area contributed by atoms with Crippen LogP contribution in [0.2, 0.25) is 0 Å². The summed E-state index contributed by atoms with van der Waals surface area (Å²) in [5.74, 6) is 0. The van der Waals surface area contributed by atoms with Gasteiger partial charge < -0.3 is 9.80 Å². The largest absolute Gasteiger partial charge is 0.310 e. The summed E-state index contributed by atoms with van der Waals surface area (Å²) in [7, 11) is 0. The lowest BCUT2D eigenvalue weighted by molar-refractivity contribution is 0.659. The van der Waals surface area contributed by atoms with Crippen LogP contribution in [0.4, 0.5) is 34.1 Å². The molecular formula is C82H64N2. The summed E-state index contributed by atoms with van der Waals surface area (Å²) in [6, 6.07) is 98.9. The van der Waals surface area contributed by atoms with Gasteiger partial charge in [-0.3, -0.25) is 0 Å². The molecule has 0 atom stereocenters. The third-order valence-electron chi connectivity index (χ3n) is 19.5. The quantitative estimate of drug-likeness (QED) is 0.150. The third-order valence-corrected chi connectivity index (χ3v) is 19.5. The average Bonchev–Trinajstić information content (AvgIpc) is 1.56. The molecule has 0 radical (unpaired) electrons. The predicted octanol–water partition coefficient (Wildman–Crippen LogP) is 21.8. The molecule has 402 valence electrons. The van der Waals surface area contributed by atoms with E-state index in [1.807, 2.05) is 0 Å². The van der Waals surface area contributed by atoms with E-state index in [0.29, 0.717) is 0 Å². The Hall–Kier alpha value is -9.76. The van der Waals surface area contributed by atoms with E-state index in [1.165, 1.54) is 128 Å². The molecule has 0 unspecified atom stereocenters. The SMILES string of the molecule is Cc1ccc2c(c1)C(C)(C)c1cc(N(c3ccc(-c4ccc(N(c5cccc(-c6ccccc6)c5)c5cccc6c5-c5ccccc5C65c6ccccc6-c6ccccc65)cc4)c(C)c3)c3ccc4c(c3)C(C)(C)c3cc(C)ccc3-4)ccc1-2. The van der Waals surface area contributed by atoms with Crippen molar-refractivity contribution >= 4 is 34.1 Å². The Kier molecular flexibility index (Phi) is 10.9. The van der Waals surface area contributed by atoms with Crippen molar-refractivity contribution in [2.75, 3.05) is 9.80 Å². The van der Waals surface area contributed by atoms with Gasteiger partial charge in [0.1, 0.15) is 0 Å². The van der Waals surface area contributed by atoms with Crippen LogP contribution in [0.3, 0.4) is 0 Å². The van der Waals surface area contributed by atoms with Gasteiger partial charge in [-0.05, 0) is 199 Å². The fraction of sp³-hybridized carbons (Fsp3) is 0.122. The minimum atomic E-state index is -0.458. The Bertz CT molecular complexity index is 4550. The molecule has 0 fully saturated rings. The lowest BCUT2D eigenvalue weighted by atomic mass is 9.70. The van der Waals surface area contributed by atoms with Gasteiger partial charge in [0, 0.05) is 44.8 Å². The molecule has 0 saturated carbocycles. The van der Waals surface area contributed by atoms with E-state index in [-0.39, 0.29) is 10.8 Å². The van der Waals surface area contributed by atoms with E-state index < -0.39 is 5.41 Å². The maximum absolute atomic E-state index is 2.50. The molecule has 12 aromatic rings. The maximum Gasteiger partial charge on any atom is 0.0726 e. The van der Waals surface area contributed by atoms with Crippen LogP contribution in [-0.4, -0.2) is 0 Å². The third kappa shape index (κ3) is 7.16. The molecule has 2 nitrogen and oxygen atoms in total. The van der Waals surface area contributed by atoms with Gasteiger partial charge >= 0.3 is 0 Å². The fourth-order valence-corrected chi connectivity index (χ4v) is 15.5. The van der Waals surface area contributed by atoms with E-state index in [9.17, 15) is 0 Å². The second-order valence-corrected chi connectivity index (χ2v) is 25.0. The summed E-state index contributed by atoms with van der Waals surface area (Å²) in [6.07, 6.45) is 0. The molecule has 0 heterocycles. The Labute approximate surface area is 494 Å². The van der Waals surface area contributed by atoms with Gasteiger partial charge in [-0.15, -0.1) is 0 Å². The molecule has 0 N–H and O–H groups in total. The van der Waals surface area contributed by atoms with Crippen LogP contribution in [0.25, 0.3) is 66.8 Å². The summed E-state index contributed by atoms with van der Waals surface area (Å²) in [4.78, 5) is 5.00. The Balaban J connectivity index is 0.825. The van der Waals surface area contributed by atoms with Crippen LogP contribution in [-0.2, 0) is 16.2 Å². The fourth-order valence-electron chi connectivity index (χ4n) is 15.5. The Morgan fingerprint density at radius 3 is 1.24 bits per heavy atom. The first-order chi connectivity index (χ1) is 40.9. The van der Waals surface area contributed by atoms with Crippen LogP contribution in [0, 0.1) is 20.8 Å². The number of fused-ring (bicyclic) bond motifs is 16. The monoisotopic (exact) mass is 1080 g/mol. The number of nitrogens with zero attached hydrogens (tertiary/aromatic N) is 2. The summed E-state index contributed by atoms with van der Waals surface area (Å²) in [5.41, 5.74) is 36.0. The number of benzene rings is 12. The first kappa shape index (κ1) is 50.0. The van der Waals surface area contributed by atoms with E-state index >= 15 is 0 Å². The maximum atomic E-state index is 2.50. The van der Waals surface area contributed by atoms with E-state index in [2.05, 4.69) is 319 Å². The van der Waals surface area contributed by atoms with Gasteiger partial charge in [-0.25, -0.2) is 0 Å². The molecule has 4 aliphatic rings. The van der Waals surface area contributed by atoms with Crippen molar-refractivity contribution in [3.05, 3.63) is 322 Å². The Morgan fingerprint density at radius 2 is 0.667 bits per heavy atom. The van der Waals surface area contributed by atoms with Gasteiger partial charge in [0.15, 0.2) is 0 Å². The van der Waals surface area contributed by atoms with E-state index in [1.54, 1.807) is 0 Å². The highest BCUT2D eigenvalue weighted by molar-refractivity contribution is 6.01. The number of aryl methyl sites for hydroxylation is 3. The van der Waals surface area contributed by atoms with Gasteiger partial charge in [0.25, 0.3) is 0 Å². The summed E-state index contributed by atoms with van der Waals surface area (Å²) in [6.45, 7) is 16.3. The second-order valence-electron chi connectivity index (χ2n) is 25.0. The van der Waals surface area contributed by atoms with Crippen molar-refractivity contribution < 1.29 is 0 Å². The van der Waals surface area contributed by atoms with Crippen molar-refractivity contribution in [3.63, 3.8) is 0 Å². The average molecular weight is 1080 g/mol. The number of anilines is 6. The number of rotatable bonds is 8. The predicted molar refractivity (Wildman–Crippen MR) is 352 cm³/mol. The zero-order valence-corrected chi connectivity index (χ0v) is 48.7. The van der Waals surface area contributed by atoms with E-state index in [4.69, 9.17) is 0 Å². The van der Waals surface area contributed by atoms with Crippen molar-refractivity contribution in [2.45, 2.75) is 64.7 Å². The highest BCUT2D eigenvalue weighted by Gasteiger charge is 2.52. The summed E-state index contributed by atoms with van der Waals surface area (Å²) in [5, 5.41) is 0. The van der Waals surface area contributed by atoms with Crippen LogP contribution in [0.1, 0.15) is 88.9 Å². The lowest BCUT2D eigenvalue weighted by Crippen LogP contribution is -2.26. The molecule has 0 aliphatic heterocycles. The summed E-state index contributed by atoms with van der Waals surface area (Å²) < 4.78 is 0. The molecule has 12 aromatic carbocycles. The molecule has 16 rings (SSSR count). The van der Waals surface area contributed by atoms with Gasteiger partial charge in [-0.2, -0.15) is 0 Å². The Morgan fingerprint density at radius 1 is 0.250 bits per heavy atom. The van der Waals surface area contributed by atoms with Crippen LogP contribution in [0.5, 0.6) is 0 Å². The lowest BCUT2D eigenvalue weighted by Gasteiger charge is -2.32. The first-order valence-corrected chi connectivity index (χ1v) is 29.8. The van der Waals surface area contributed by atoms with Crippen LogP contribution in [0.15, 0.2) is 261 Å². The first-order valence-electron chi connectivity index (χ1n) is 29.8. The van der Waals surface area contributed by atoms with Crippen molar-refractivity contribution in [2.24, 2.45) is 0 Å². The minimum absolute atomic E-state index is 0.147. The normalized spacial score (nSPS) is 14.4. The molecule has 2 heteroatoms. The highest BCUT2D eigenvalue weighted by Crippen LogP contribution is 2.65. The van der Waals surface area contributed by atoms with E-state index in [0.717, 1.165) is 34.1 Å². The molecule has 1 spiro atoms. The smallest absolute Gasteiger partial charge is 0.0726 e. The molecule has 0 aromatic heterocycles. The number of hydrogen-bond donors (Lipinski definition) is 0. The highest BCUT2D eigenvalue weighted by atomic mass is 15.2. The number of hydrogen-bond acceptors (Lipinski definition) is 2. The molecule has 0 bridgehead atoms.